The molecule has 1 atom stereocenters. The predicted octanol–water partition coefficient (Wildman–Crippen LogP) is 2.03. The Morgan fingerprint density at radius 3 is 2.77 bits per heavy atom. The van der Waals surface area contributed by atoms with E-state index >= 15 is 0 Å². The second-order valence-corrected chi connectivity index (χ2v) is 3.47. The van der Waals surface area contributed by atoms with Crippen LogP contribution in [0.3, 0.4) is 0 Å². The molecular formula is C10H14ClNO. The molecule has 1 aromatic carbocycles. The van der Waals surface area contributed by atoms with Crippen LogP contribution in [0.25, 0.3) is 0 Å². The van der Waals surface area contributed by atoms with Crippen molar-refractivity contribution < 1.29 is 5.11 Å². The second-order valence-electron chi connectivity index (χ2n) is 3.06. The molecule has 1 aromatic rings. The normalized spacial score (nSPS) is 12.9. The minimum Gasteiger partial charge on any atom is -0.388 e. The number of hydrogen-bond donors (Lipinski definition) is 2. The molecule has 0 saturated heterocycles. The molecule has 0 aliphatic rings. The first-order chi connectivity index (χ1) is 6.16. The SMILES string of the molecule is Cc1cccc(Cl)c1[C@@H](O)CCN. The van der Waals surface area contributed by atoms with Crippen LogP contribution in [0.4, 0.5) is 0 Å². The Morgan fingerprint density at radius 1 is 1.54 bits per heavy atom. The number of nitrogens with two attached hydrogens (primary N) is 1. The summed E-state index contributed by atoms with van der Waals surface area (Å²) in [5.41, 5.74) is 7.17. The van der Waals surface area contributed by atoms with Crippen LogP contribution in [-0.2, 0) is 0 Å². The van der Waals surface area contributed by atoms with Gasteiger partial charge in [0.25, 0.3) is 0 Å². The zero-order valence-electron chi connectivity index (χ0n) is 7.63. The summed E-state index contributed by atoms with van der Waals surface area (Å²) in [6, 6.07) is 5.58. The number of rotatable bonds is 3. The third kappa shape index (κ3) is 2.44. The van der Waals surface area contributed by atoms with Gasteiger partial charge in [-0.15, -0.1) is 0 Å². The average molecular weight is 200 g/mol. The van der Waals surface area contributed by atoms with Crippen molar-refractivity contribution in [2.75, 3.05) is 6.54 Å². The third-order valence-corrected chi connectivity index (χ3v) is 2.37. The molecule has 0 saturated carbocycles. The molecule has 0 aliphatic carbocycles. The number of hydrogen-bond acceptors (Lipinski definition) is 2. The largest absolute Gasteiger partial charge is 0.388 e. The maximum absolute atomic E-state index is 9.72. The lowest BCUT2D eigenvalue weighted by Gasteiger charge is -2.14. The molecular weight excluding hydrogens is 186 g/mol. The van der Waals surface area contributed by atoms with Gasteiger partial charge in [-0.05, 0) is 31.5 Å². The van der Waals surface area contributed by atoms with Crippen molar-refractivity contribution in [2.45, 2.75) is 19.4 Å². The Bertz CT molecular complexity index is 268. The molecule has 13 heavy (non-hydrogen) atoms. The standard InChI is InChI=1S/C10H14ClNO/c1-7-3-2-4-8(11)10(7)9(13)5-6-12/h2-4,9,13H,5-6,12H2,1H3/t9-/m0/s1. The topological polar surface area (TPSA) is 46.2 Å². The van der Waals surface area contributed by atoms with Crippen LogP contribution < -0.4 is 5.73 Å². The molecule has 0 fully saturated rings. The number of aliphatic hydroxyl groups is 1. The van der Waals surface area contributed by atoms with Crippen LogP contribution in [0.2, 0.25) is 5.02 Å². The summed E-state index contributed by atoms with van der Waals surface area (Å²) >= 11 is 5.96. The van der Waals surface area contributed by atoms with E-state index in [2.05, 4.69) is 0 Å². The minimum absolute atomic E-state index is 0.464. The van der Waals surface area contributed by atoms with Gasteiger partial charge in [0.2, 0.25) is 0 Å². The van der Waals surface area contributed by atoms with Crippen LogP contribution in [0.5, 0.6) is 0 Å². The summed E-state index contributed by atoms with van der Waals surface area (Å²) in [5.74, 6) is 0. The van der Waals surface area contributed by atoms with Gasteiger partial charge in [0.05, 0.1) is 6.10 Å². The monoisotopic (exact) mass is 199 g/mol. The maximum atomic E-state index is 9.72. The second kappa shape index (κ2) is 4.61. The Labute approximate surface area is 83.3 Å². The fourth-order valence-electron chi connectivity index (χ4n) is 1.37. The van der Waals surface area contributed by atoms with E-state index in [0.717, 1.165) is 11.1 Å². The maximum Gasteiger partial charge on any atom is 0.0819 e. The lowest BCUT2D eigenvalue weighted by molar-refractivity contribution is 0.169. The van der Waals surface area contributed by atoms with Gasteiger partial charge in [0.15, 0.2) is 0 Å². The Morgan fingerprint density at radius 2 is 2.23 bits per heavy atom. The van der Waals surface area contributed by atoms with E-state index in [1.54, 1.807) is 6.07 Å². The number of aliphatic hydroxyl groups excluding tert-OH is 1. The molecule has 3 heteroatoms. The van der Waals surface area contributed by atoms with E-state index in [1.807, 2.05) is 19.1 Å². The average Bonchev–Trinajstić information content (AvgIpc) is 2.04. The molecule has 3 N–H and O–H groups in total. The molecule has 72 valence electrons. The lowest BCUT2D eigenvalue weighted by Crippen LogP contribution is -2.08. The molecule has 1 rings (SSSR count). The summed E-state index contributed by atoms with van der Waals surface area (Å²) in [7, 11) is 0. The van der Waals surface area contributed by atoms with Gasteiger partial charge < -0.3 is 10.8 Å². The minimum atomic E-state index is -0.543. The smallest absolute Gasteiger partial charge is 0.0819 e. The van der Waals surface area contributed by atoms with Crippen molar-refractivity contribution in [3.05, 3.63) is 34.3 Å². The summed E-state index contributed by atoms with van der Waals surface area (Å²) in [5, 5.41) is 10.3. The highest BCUT2D eigenvalue weighted by Crippen LogP contribution is 2.27. The third-order valence-electron chi connectivity index (χ3n) is 2.04. The first kappa shape index (κ1) is 10.5. The molecule has 0 spiro atoms. The van der Waals surface area contributed by atoms with Crippen molar-refractivity contribution >= 4 is 11.6 Å². The van der Waals surface area contributed by atoms with E-state index in [1.165, 1.54) is 0 Å². The Kier molecular flexibility index (Phi) is 3.72. The Hall–Kier alpha value is -0.570. The highest BCUT2D eigenvalue weighted by atomic mass is 35.5. The Balaban J connectivity index is 2.98. The van der Waals surface area contributed by atoms with Gasteiger partial charge in [-0.2, -0.15) is 0 Å². The quantitative estimate of drug-likeness (QED) is 0.783. The highest BCUT2D eigenvalue weighted by Gasteiger charge is 2.12. The molecule has 0 amide bonds. The fourth-order valence-corrected chi connectivity index (χ4v) is 1.72. The van der Waals surface area contributed by atoms with Crippen LogP contribution >= 0.6 is 11.6 Å². The van der Waals surface area contributed by atoms with Crippen molar-refractivity contribution in [1.29, 1.82) is 0 Å². The van der Waals surface area contributed by atoms with Crippen LogP contribution in [0, 0.1) is 6.92 Å². The van der Waals surface area contributed by atoms with Crippen molar-refractivity contribution in [3.63, 3.8) is 0 Å². The van der Waals surface area contributed by atoms with Gasteiger partial charge >= 0.3 is 0 Å². The van der Waals surface area contributed by atoms with Crippen LogP contribution in [0.15, 0.2) is 18.2 Å². The molecule has 0 unspecified atom stereocenters. The first-order valence-corrected chi connectivity index (χ1v) is 4.67. The summed E-state index contributed by atoms with van der Waals surface area (Å²) in [4.78, 5) is 0. The van der Waals surface area contributed by atoms with Crippen LogP contribution in [-0.4, -0.2) is 11.7 Å². The molecule has 0 radical (unpaired) electrons. The van der Waals surface area contributed by atoms with Gasteiger partial charge in [0.1, 0.15) is 0 Å². The predicted molar refractivity (Wildman–Crippen MR) is 54.8 cm³/mol. The number of benzene rings is 1. The zero-order valence-corrected chi connectivity index (χ0v) is 8.38. The summed E-state index contributed by atoms with van der Waals surface area (Å²) < 4.78 is 0. The van der Waals surface area contributed by atoms with E-state index in [-0.39, 0.29) is 0 Å². The molecule has 0 heterocycles. The van der Waals surface area contributed by atoms with E-state index < -0.39 is 6.10 Å². The summed E-state index contributed by atoms with van der Waals surface area (Å²) in [6.45, 7) is 2.40. The first-order valence-electron chi connectivity index (χ1n) is 4.30. The highest BCUT2D eigenvalue weighted by molar-refractivity contribution is 6.31. The van der Waals surface area contributed by atoms with Gasteiger partial charge in [0, 0.05) is 10.6 Å². The van der Waals surface area contributed by atoms with Gasteiger partial charge in [-0.1, -0.05) is 23.7 Å². The summed E-state index contributed by atoms with van der Waals surface area (Å²) in [6.07, 6.45) is 0.00333. The number of aryl methyl sites for hydroxylation is 1. The van der Waals surface area contributed by atoms with Crippen molar-refractivity contribution in [2.24, 2.45) is 5.73 Å². The van der Waals surface area contributed by atoms with Gasteiger partial charge in [-0.25, -0.2) is 0 Å². The number of halogens is 1. The lowest BCUT2D eigenvalue weighted by atomic mass is 10.0. The van der Waals surface area contributed by atoms with E-state index in [4.69, 9.17) is 17.3 Å². The van der Waals surface area contributed by atoms with E-state index in [0.29, 0.717) is 18.0 Å². The molecule has 0 aromatic heterocycles. The molecule has 0 aliphatic heterocycles. The van der Waals surface area contributed by atoms with Crippen molar-refractivity contribution in [1.82, 2.24) is 0 Å². The fraction of sp³-hybridized carbons (Fsp3) is 0.400. The molecule has 0 bridgehead atoms. The zero-order chi connectivity index (χ0) is 9.84. The van der Waals surface area contributed by atoms with Crippen molar-refractivity contribution in [3.8, 4) is 0 Å². The van der Waals surface area contributed by atoms with Crippen LogP contribution in [0.1, 0.15) is 23.7 Å². The molecule has 2 nitrogen and oxygen atoms in total. The van der Waals surface area contributed by atoms with E-state index in [9.17, 15) is 5.11 Å². The van der Waals surface area contributed by atoms with Gasteiger partial charge in [-0.3, -0.25) is 0 Å².